The van der Waals surface area contributed by atoms with Crippen LogP contribution < -0.4 is 0 Å². The molecule has 124 valence electrons. The fraction of sp³-hybridized carbons (Fsp3) is 0.588. The van der Waals surface area contributed by atoms with E-state index in [1.807, 2.05) is 0 Å². The van der Waals surface area contributed by atoms with Crippen molar-refractivity contribution in [1.29, 1.82) is 0 Å². The van der Waals surface area contributed by atoms with Crippen molar-refractivity contribution in [2.24, 2.45) is 5.92 Å². The molecule has 23 heavy (non-hydrogen) atoms. The standard InChI is InChI=1S/C17H25N5O/c1-13-11-15(3-4-16(13)17-18-20-21-19-17)12-22-8-5-14(6-9-22)7-10-23-2/h3-4,11,14H,5-10,12H2,1-2H3,(H,18,19,20,21). The SMILES string of the molecule is COCCC1CCN(Cc2ccc(-c3nn[nH]n3)c(C)c2)CC1. The van der Waals surface area contributed by atoms with E-state index in [1.54, 1.807) is 7.11 Å². The van der Waals surface area contributed by atoms with Crippen LogP contribution in [0.5, 0.6) is 0 Å². The van der Waals surface area contributed by atoms with Crippen LogP contribution in [0.15, 0.2) is 18.2 Å². The molecule has 1 aromatic heterocycles. The summed E-state index contributed by atoms with van der Waals surface area (Å²) in [6, 6.07) is 6.51. The number of hydrogen-bond donors (Lipinski definition) is 1. The van der Waals surface area contributed by atoms with Crippen LogP contribution in [0.1, 0.15) is 30.4 Å². The van der Waals surface area contributed by atoms with Gasteiger partial charge in [-0.3, -0.25) is 4.90 Å². The van der Waals surface area contributed by atoms with Crippen LogP contribution in [0.4, 0.5) is 0 Å². The third-order valence-corrected chi connectivity index (χ3v) is 4.72. The molecule has 1 aliphatic heterocycles. The smallest absolute Gasteiger partial charge is 0.204 e. The number of methoxy groups -OCH3 is 1. The van der Waals surface area contributed by atoms with Crippen molar-refractivity contribution in [1.82, 2.24) is 25.5 Å². The zero-order valence-corrected chi connectivity index (χ0v) is 14.0. The zero-order valence-electron chi connectivity index (χ0n) is 14.0. The summed E-state index contributed by atoms with van der Waals surface area (Å²) in [4.78, 5) is 2.55. The zero-order chi connectivity index (χ0) is 16.1. The van der Waals surface area contributed by atoms with E-state index < -0.39 is 0 Å². The number of likely N-dealkylation sites (tertiary alicyclic amines) is 1. The summed E-state index contributed by atoms with van der Waals surface area (Å²) in [5.74, 6) is 1.49. The van der Waals surface area contributed by atoms with Crippen molar-refractivity contribution in [3.05, 3.63) is 29.3 Å². The highest BCUT2D eigenvalue weighted by Gasteiger charge is 2.19. The van der Waals surface area contributed by atoms with Crippen molar-refractivity contribution < 1.29 is 4.74 Å². The van der Waals surface area contributed by atoms with Gasteiger partial charge in [-0.15, -0.1) is 10.2 Å². The number of aromatic nitrogens is 4. The highest BCUT2D eigenvalue weighted by atomic mass is 16.5. The number of nitrogens with zero attached hydrogens (tertiary/aromatic N) is 4. The lowest BCUT2D eigenvalue weighted by atomic mass is 9.93. The van der Waals surface area contributed by atoms with Crippen LogP contribution in [0.25, 0.3) is 11.4 Å². The van der Waals surface area contributed by atoms with Crippen LogP contribution in [0.2, 0.25) is 0 Å². The predicted octanol–water partition coefficient (Wildman–Crippen LogP) is 2.42. The van der Waals surface area contributed by atoms with Gasteiger partial charge in [-0.05, 0) is 61.5 Å². The van der Waals surface area contributed by atoms with E-state index in [1.165, 1.54) is 43.5 Å². The molecule has 6 heteroatoms. The van der Waals surface area contributed by atoms with Gasteiger partial charge in [-0.2, -0.15) is 5.21 Å². The molecule has 2 aromatic rings. The summed E-state index contributed by atoms with van der Waals surface area (Å²) < 4.78 is 5.19. The average Bonchev–Trinajstić information content (AvgIpc) is 3.08. The summed E-state index contributed by atoms with van der Waals surface area (Å²) in [6.07, 6.45) is 3.76. The molecule has 2 heterocycles. The van der Waals surface area contributed by atoms with Crippen LogP contribution in [-0.2, 0) is 11.3 Å². The number of ether oxygens (including phenoxy) is 1. The van der Waals surface area contributed by atoms with Gasteiger partial charge in [0.05, 0.1) is 0 Å². The molecular formula is C17H25N5O. The summed E-state index contributed by atoms with van der Waals surface area (Å²) in [7, 11) is 1.79. The number of benzene rings is 1. The Bertz CT molecular complexity index is 605. The lowest BCUT2D eigenvalue weighted by Gasteiger charge is -2.32. The fourth-order valence-corrected chi connectivity index (χ4v) is 3.33. The van der Waals surface area contributed by atoms with Gasteiger partial charge in [-0.1, -0.05) is 18.2 Å². The van der Waals surface area contributed by atoms with E-state index in [2.05, 4.69) is 50.6 Å². The Morgan fingerprint density at radius 2 is 2.13 bits per heavy atom. The minimum Gasteiger partial charge on any atom is -0.385 e. The molecule has 0 atom stereocenters. The normalized spacial score (nSPS) is 16.8. The predicted molar refractivity (Wildman–Crippen MR) is 88.8 cm³/mol. The summed E-state index contributed by atoms with van der Waals surface area (Å²) in [5, 5.41) is 14.3. The fourth-order valence-electron chi connectivity index (χ4n) is 3.33. The third kappa shape index (κ3) is 4.14. The van der Waals surface area contributed by atoms with Gasteiger partial charge in [0, 0.05) is 25.8 Å². The highest BCUT2D eigenvalue weighted by molar-refractivity contribution is 5.59. The highest BCUT2D eigenvalue weighted by Crippen LogP contribution is 2.24. The van der Waals surface area contributed by atoms with Crippen molar-refractivity contribution >= 4 is 0 Å². The Morgan fingerprint density at radius 3 is 2.78 bits per heavy atom. The number of H-pyrrole nitrogens is 1. The van der Waals surface area contributed by atoms with Crippen LogP contribution in [-0.4, -0.2) is 52.3 Å². The summed E-state index contributed by atoms with van der Waals surface area (Å²) >= 11 is 0. The Balaban J connectivity index is 1.56. The first-order valence-electron chi connectivity index (χ1n) is 8.31. The molecule has 0 radical (unpaired) electrons. The molecule has 1 fully saturated rings. The van der Waals surface area contributed by atoms with Crippen molar-refractivity contribution in [3.8, 4) is 11.4 Å². The Morgan fingerprint density at radius 1 is 1.30 bits per heavy atom. The molecule has 0 saturated carbocycles. The van der Waals surface area contributed by atoms with Gasteiger partial charge < -0.3 is 4.74 Å². The van der Waals surface area contributed by atoms with E-state index in [9.17, 15) is 0 Å². The van der Waals surface area contributed by atoms with E-state index >= 15 is 0 Å². The first-order valence-corrected chi connectivity index (χ1v) is 8.31. The molecule has 3 rings (SSSR count). The van der Waals surface area contributed by atoms with Gasteiger partial charge >= 0.3 is 0 Å². The molecule has 0 spiro atoms. The van der Waals surface area contributed by atoms with Gasteiger partial charge in [-0.25, -0.2) is 0 Å². The molecule has 0 aliphatic carbocycles. The van der Waals surface area contributed by atoms with Crippen LogP contribution in [0, 0.1) is 12.8 Å². The van der Waals surface area contributed by atoms with Crippen LogP contribution >= 0.6 is 0 Å². The number of tetrazole rings is 1. The van der Waals surface area contributed by atoms with Gasteiger partial charge in [0.15, 0.2) is 0 Å². The molecule has 1 aromatic carbocycles. The van der Waals surface area contributed by atoms with E-state index in [0.717, 1.165) is 24.6 Å². The minimum absolute atomic E-state index is 0.660. The number of aromatic amines is 1. The molecule has 6 nitrogen and oxygen atoms in total. The molecule has 0 amide bonds. The Kier molecular flexibility index (Phi) is 5.35. The van der Waals surface area contributed by atoms with E-state index in [4.69, 9.17) is 4.74 Å². The van der Waals surface area contributed by atoms with Gasteiger partial charge in [0.2, 0.25) is 5.82 Å². The number of rotatable bonds is 6. The Labute approximate surface area is 137 Å². The number of piperidine rings is 1. The lowest BCUT2D eigenvalue weighted by Crippen LogP contribution is -2.33. The molecular weight excluding hydrogens is 290 g/mol. The maximum atomic E-state index is 5.19. The molecule has 0 unspecified atom stereocenters. The second-order valence-corrected chi connectivity index (χ2v) is 6.39. The monoisotopic (exact) mass is 315 g/mol. The second kappa shape index (κ2) is 7.66. The molecule has 1 saturated heterocycles. The maximum Gasteiger partial charge on any atom is 0.204 e. The topological polar surface area (TPSA) is 66.9 Å². The van der Waals surface area contributed by atoms with Crippen molar-refractivity contribution in [2.45, 2.75) is 32.7 Å². The first kappa shape index (κ1) is 16.1. The number of hydrogen-bond acceptors (Lipinski definition) is 5. The minimum atomic E-state index is 0.660. The molecule has 1 aliphatic rings. The Hall–Kier alpha value is -1.79. The summed E-state index contributed by atoms with van der Waals surface area (Å²) in [5.41, 5.74) is 3.59. The van der Waals surface area contributed by atoms with Crippen molar-refractivity contribution in [3.63, 3.8) is 0 Å². The van der Waals surface area contributed by atoms with E-state index in [-0.39, 0.29) is 0 Å². The molecule has 1 N–H and O–H groups in total. The third-order valence-electron chi connectivity index (χ3n) is 4.72. The van der Waals surface area contributed by atoms with Gasteiger partial charge in [0.1, 0.15) is 0 Å². The average molecular weight is 315 g/mol. The number of aryl methyl sites for hydroxylation is 1. The van der Waals surface area contributed by atoms with Crippen LogP contribution in [0.3, 0.4) is 0 Å². The molecule has 0 bridgehead atoms. The first-order chi connectivity index (χ1) is 11.3. The quantitative estimate of drug-likeness (QED) is 0.887. The van der Waals surface area contributed by atoms with Crippen molar-refractivity contribution in [2.75, 3.05) is 26.8 Å². The largest absolute Gasteiger partial charge is 0.385 e. The summed E-state index contributed by atoms with van der Waals surface area (Å²) in [6.45, 7) is 6.37. The maximum absolute atomic E-state index is 5.19. The number of nitrogens with one attached hydrogen (secondary N) is 1. The lowest BCUT2D eigenvalue weighted by molar-refractivity contribution is 0.132. The second-order valence-electron chi connectivity index (χ2n) is 6.39. The van der Waals surface area contributed by atoms with Gasteiger partial charge in [0.25, 0.3) is 0 Å². The van der Waals surface area contributed by atoms with E-state index in [0.29, 0.717) is 5.82 Å².